The van der Waals surface area contributed by atoms with E-state index in [2.05, 4.69) is 0 Å². The molecule has 1 amide bonds. The normalized spacial score (nSPS) is 14.3. The Morgan fingerprint density at radius 2 is 2.04 bits per heavy atom. The van der Waals surface area contributed by atoms with Crippen LogP contribution in [-0.4, -0.2) is 63.4 Å². The molecule has 0 saturated carbocycles. The minimum absolute atomic E-state index is 0.113. The van der Waals surface area contributed by atoms with Gasteiger partial charge in [0.2, 0.25) is 0 Å². The Kier molecular flexibility index (Phi) is 7.64. The second kappa shape index (κ2) is 10.2. The Bertz CT molecular complexity index is 747. The summed E-state index contributed by atoms with van der Waals surface area (Å²) in [7, 11) is 1.47. The Balaban J connectivity index is 2.08. The minimum atomic E-state index is -0.685. The number of nitrogens with zero attached hydrogens (tertiary/aromatic N) is 2. The molecule has 2 rings (SSSR count). The first-order valence-corrected chi connectivity index (χ1v) is 8.54. The molecule has 8 heteroatoms. The highest BCUT2D eigenvalue weighted by molar-refractivity contribution is 5.97. The van der Waals surface area contributed by atoms with Crippen LogP contribution in [0.2, 0.25) is 0 Å². The average Bonchev–Trinajstić information content (AvgIpc) is 2.71. The van der Waals surface area contributed by atoms with Gasteiger partial charge in [0, 0.05) is 13.1 Å². The van der Waals surface area contributed by atoms with Crippen LogP contribution in [0.25, 0.3) is 6.08 Å². The summed E-state index contributed by atoms with van der Waals surface area (Å²) in [5, 5.41) is 9.11. The smallest absolute Gasteiger partial charge is 0.348 e. The van der Waals surface area contributed by atoms with E-state index in [1.165, 1.54) is 13.2 Å². The number of esters is 1. The summed E-state index contributed by atoms with van der Waals surface area (Å²) in [6.07, 6.45) is 1.41. The lowest BCUT2D eigenvalue weighted by Crippen LogP contribution is -2.43. The predicted molar refractivity (Wildman–Crippen MR) is 96.1 cm³/mol. The molecule has 0 aliphatic carbocycles. The fourth-order valence-electron chi connectivity index (χ4n) is 2.45. The van der Waals surface area contributed by atoms with Gasteiger partial charge in [-0.15, -0.1) is 0 Å². The average molecular weight is 374 g/mol. The van der Waals surface area contributed by atoms with Crippen molar-refractivity contribution in [2.75, 3.05) is 46.6 Å². The van der Waals surface area contributed by atoms with Crippen LogP contribution in [0.5, 0.6) is 11.5 Å². The van der Waals surface area contributed by atoms with E-state index in [0.29, 0.717) is 43.4 Å². The molecule has 27 heavy (non-hydrogen) atoms. The van der Waals surface area contributed by atoms with E-state index >= 15 is 0 Å². The van der Waals surface area contributed by atoms with Gasteiger partial charge in [0.15, 0.2) is 18.1 Å². The molecule has 144 valence electrons. The highest BCUT2D eigenvalue weighted by atomic mass is 16.5. The largest absolute Gasteiger partial charge is 0.493 e. The highest BCUT2D eigenvalue weighted by Crippen LogP contribution is 2.29. The van der Waals surface area contributed by atoms with Crippen LogP contribution in [0.15, 0.2) is 23.8 Å². The molecular weight excluding hydrogens is 352 g/mol. The van der Waals surface area contributed by atoms with Gasteiger partial charge in [-0.05, 0) is 30.7 Å². The first-order chi connectivity index (χ1) is 13.1. The molecule has 0 N–H and O–H groups in total. The third kappa shape index (κ3) is 5.72. The van der Waals surface area contributed by atoms with E-state index in [1.807, 2.05) is 6.07 Å². The quantitative estimate of drug-likeness (QED) is 0.404. The molecule has 1 aromatic carbocycles. The Hall–Kier alpha value is -3.05. The van der Waals surface area contributed by atoms with Crippen molar-refractivity contribution < 1.29 is 28.5 Å². The molecule has 1 aliphatic heterocycles. The molecule has 1 aliphatic rings. The standard InChI is InChI=1S/C19H22N2O6/c1-3-26-19(23)15(12-20)10-14-4-5-16(17(11-14)24-2)27-13-18(22)21-6-8-25-9-7-21/h4-5,10-11H,3,6-9,13H2,1-2H3/b15-10+. The van der Waals surface area contributed by atoms with E-state index in [0.717, 1.165) is 0 Å². The molecule has 0 aromatic heterocycles. The zero-order valence-corrected chi connectivity index (χ0v) is 15.4. The van der Waals surface area contributed by atoms with Crippen LogP contribution in [0, 0.1) is 11.3 Å². The van der Waals surface area contributed by atoms with Crippen molar-refractivity contribution in [1.82, 2.24) is 4.90 Å². The monoisotopic (exact) mass is 374 g/mol. The van der Waals surface area contributed by atoms with Gasteiger partial charge in [-0.2, -0.15) is 5.26 Å². The van der Waals surface area contributed by atoms with E-state index in [-0.39, 0.29) is 24.7 Å². The molecule has 8 nitrogen and oxygen atoms in total. The molecular formula is C19H22N2O6. The maximum absolute atomic E-state index is 12.2. The maximum atomic E-state index is 12.2. The van der Waals surface area contributed by atoms with Crippen molar-refractivity contribution in [3.8, 4) is 17.6 Å². The number of benzene rings is 1. The number of rotatable bonds is 7. The fourth-order valence-corrected chi connectivity index (χ4v) is 2.45. The van der Waals surface area contributed by atoms with Crippen molar-refractivity contribution >= 4 is 18.0 Å². The number of hydrogen-bond donors (Lipinski definition) is 0. The van der Waals surface area contributed by atoms with Gasteiger partial charge < -0.3 is 23.8 Å². The topological polar surface area (TPSA) is 98.1 Å². The van der Waals surface area contributed by atoms with Crippen LogP contribution in [0.3, 0.4) is 0 Å². The highest BCUT2D eigenvalue weighted by Gasteiger charge is 2.18. The van der Waals surface area contributed by atoms with Gasteiger partial charge in [-0.3, -0.25) is 4.79 Å². The molecule has 0 atom stereocenters. The van der Waals surface area contributed by atoms with Crippen LogP contribution >= 0.6 is 0 Å². The lowest BCUT2D eigenvalue weighted by atomic mass is 10.1. The lowest BCUT2D eigenvalue weighted by Gasteiger charge is -2.26. The zero-order chi connectivity index (χ0) is 19.6. The first kappa shape index (κ1) is 20.3. The molecule has 1 heterocycles. The van der Waals surface area contributed by atoms with Crippen LogP contribution in [0.1, 0.15) is 12.5 Å². The molecule has 1 fully saturated rings. The van der Waals surface area contributed by atoms with Gasteiger partial charge in [0.1, 0.15) is 11.6 Å². The third-order valence-corrected chi connectivity index (χ3v) is 3.83. The number of nitriles is 1. The number of carbonyl (C=O) groups is 2. The minimum Gasteiger partial charge on any atom is -0.493 e. The molecule has 1 saturated heterocycles. The number of methoxy groups -OCH3 is 1. The zero-order valence-electron chi connectivity index (χ0n) is 15.4. The molecule has 1 aromatic rings. The van der Waals surface area contributed by atoms with E-state index in [9.17, 15) is 9.59 Å². The summed E-state index contributed by atoms with van der Waals surface area (Å²) < 4.78 is 20.9. The van der Waals surface area contributed by atoms with Gasteiger partial charge in [0.05, 0.1) is 26.9 Å². The van der Waals surface area contributed by atoms with E-state index < -0.39 is 5.97 Å². The van der Waals surface area contributed by atoms with Gasteiger partial charge in [0.25, 0.3) is 5.91 Å². The fraction of sp³-hybridized carbons (Fsp3) is 0.421. The summed E-state index contributed by atoms with van der Waals surface area (Å²) >= 11 is 0. The lowest BCUT2D eigenvalue weighted by molar-refractivity contribution is -0.138. The number of carbonyl (C=O) groups excluding carboxylic acids is 2. The van der Waals surface area contributed by atoms with Gasteiger partial charge >= 0.3 is 5.97 Å². The van der Waals surface area contributed by atoms with Crippen molar-refractivity contribution in [3.63, 3.8) is 0 Å². The van der Waals surface area contributed by atoms with E-state index in [1.54, 1.807) is 30.0 Å². The molecule has 0 unspecified atom stereocenters. The van der Waals surface area contributed by atoms with Crippen molar-refractivity contribution in [3.05, 3.63) is 29.3 Å². The number of ether oxygens (including phenoxy) is 4. The second-order valence-electron chi connectivity index (χ2n) is 5.58. The van der Waals surface area contributed by atoms with Crippen LogP contribution in [0.4, 0.5) is 0 Å². The third-order valence-electron chi connectivity index (χ3n) is 3.83. The Morgan fingerprint density at radius 3 is 2.67 bits per heavy atom. The summed E-state index contributed by atoms with van der Waals surface area (Å²) in [4.78, 5) is 25.6. The summed E-state index contributed by atoms with van der Waals surface area (Å²) in [5.74, 6) is -0.0283. The second-order valence-corrected chi connectivity index (χ2v) is 5.58. The Morgan fingerprint density at radius 1 is 1.30 bits per heavy atom. The first-order valence-electron chi connectivity index (χ1n) is 8.54. The Labute approximate surface area is 157 Å². The van der Waals surface area contributed by atoms with Crippen molar-refractivity contribution in [2.24, 2.45) is 0 Å². The molecule has 0 bridgehead atoms. The summed E-state index contributed by atoms with van der Waals surface area (Å²) in [6.45, 7) is 3.89. The van der Waals surface area contributed by atoms with Crippen molar-refractivity contribution in [1.29, 1.82) is 5.26 Å². The number of morpholine rings is 1. The molecule has 0 spiro atoms. The van der Waals surface area contributed by atoms with Crippen molar-refractivity contribution in [2.45, 2.75) is 6.92 Å². The van der Waals surface area contributed by atoms with Crippen LogP contribution < -0.4 is 9.47 Å². The van der Waals surface area contributed by atoms with Gasteiger partial charge in [-0.25, -0.2) is 4.79 Å². The number of amides is 1. The predicted octanol–water partition coefficient (Wildman–Crippen LogP) is 1.40. The number of hydrogen-bond acceptors (Lipinski definition) is 7. The maximum Gasteiger partial charge on any atom is 0.348 e. The van der Waals surface area contributed by atoms with Crippen LogP contribution in [-0.2, 0) is 19.1 Å². The van der Waals surface area contributed by atoms with Gasteiger partial charge in [-0.1, -0.05) is 6.07 Å². The summed E-state index contributed by atoms with van der Waals surface area (Å²) in [5.41, 5.74) is 0.457. The summed E-state index contributed by atoms with van der Waals surface area (Å²) in [6, 6.07) is 6.72. The molecule has 0 radical (unpaired) electrons. The van der Waals surface area contributed by atoms with E-state index in [4.69, 9.17) is 24.2 Å². The SMILES string of the molecule is CCOC(=O)/C(C#N)=C/c1ccc(OCC(=O)N2CCOCC2)c(OC)c1.